The third kappa shape index (κ3) is 7.27. The fourth-order valence-electron chi connectivity index (χ4n) is 2.39. The van der Waals surface area contributed by atoms with Crippen molar-refractivity contribution in [2.45, 2.75) is 32.6 Å². The van der Waals surface area contributed by atoms with E-state index in [1.165, 1.54) is 0 Å². The Hall–Kier alpha value is -2.34. The molecule has 0 unspecified atom stereocenters. The average molecular weight is 418 g/mol. The largest absolute Gasteiger partial charge is 0.376 e. The molecule has 6 heteroatoms. The van der Waals surface area contributed by atoms with Crippen LogP contribution in [0.4, 0.5) is 17.1 Å². The quantitative estimate of drug-likeness (QED) is 0.501. The summed E-state index contributed by atoms with van der Waals surface area (Å²) in [6.07, 6.45) is 3.54. The Bertz CT molecular complexity index is 732. The molecule has 2 rings (SSSR count). The van der Waals surface area contributed by atoms with E-state index in [1.807, 2.05) is 30.3 Å². The van der Waals surface area contributed by atoms with Crippen LogP contribution in [0, 0.1) is 0 Å². The van der Waals surface area contributed by atoms with Gasteiger partial charge in [0, 0.05) is 28.0 Å². The molecule has 2 aromatic rings. The normalized spacial score (nSPS) is 10.2. The summed E-state index contributed by atoms with van der Waals surface area (Å²) in [6, 6.07) is 14.8. The third-order valence-corrected chi connectivity index (χ3v) is 4.26. The molecule has 0 spiro atoms. The SMILES string of the molecule is CCCCCC(=O)Nc1cccc(NC(=O)CNc2ccc(Br)cc2)c1. The first kappa shape index (κ1) is 20.0. The van der Waals surface area contributed by atoms with Crippen molar-refractivity contribution in [2.75, 3.05) is 22.5 Å². The minimum absolute atomic E-state index is 0.00108. The second-order valence-corrected chi connectivity index (χ2v) is 6.91. The second-order valence-electron chi connectivity index (χ2n) is 5.99. The summed E-state index contributed by atoms with van der Waals surface area (Å²) in [7, 11) is 0. The molecule has 0 saturated heterocycles. The smallest absolute Gasteiger partial charge is 0.243 e. The number of carbonyl (C=O) groups is 2. The Kier molecular flexibility index (Phi) is 8.15. The number of amides is 2. The van der Waals surface area contributed by atoms with Crippen molar-refractivity contribution in [2.24, 2.45) is 0 Å². The monoisotopic (exact) mass is 417 g/mol. The number of hydrogen-bond donors (Lipinski definition) is 3. The second kappa shape index (κ2) is 10.6. The van der Waals surface area contributed by atoms with Crippen LogP contribution in [-0.4, -0.2) is 18.4 Å². The fourth-order valence-corrected chi connectivity index (χ4v) is 2.65. The summed E-state index contributed by atoms with van der Waals surface area (Å²) in [6.45, 7) is 2.27. The van der Waals surface area contributed by atoms with E-state index in [1.54, 1.807) is 18.2 Å². The first-order valence-corrected chi connectivity index (χ1v) is 9.55. The zero-order valence-electron chi connectivity index (χ0n) is 14.8. The van der Waals surface area contributed by atoms with Crippen molar-refractivity contribution in [3.05, 3.63) is 53.0 Å². The van der Waals surface area contributed by atoms with Crippen LogP contribution in [0.15, 0.2) is 53.0 Å². The molecule has 26 heavy (non-hydrogen) atoms. The van der Waals surface area contributed by atoms with Gasteiger partial charge >= 0.3 is 0 Å². The van der Waals surface area contributed by atoms with Crippen LogP contribution in [0.2, 0.25) is 0 Å². The Labute approximate surface area is 162 Å². The molecule has 0 aliphatic rings. The summed E-state index contributed by atoms with van der Waals surface area (Å²) in [5.41, 5.74) is 2.21. The molecule has 0 fully saturated rings. The van der Waals surface area contributed by atoms with E-state index >= 15 is 0 Å². The molecule has 138 valence electrons. The van der Waals surface area contributed by atoms with Gasteiger partial charge < -0.3 is 16.0 Å². The van der Waals surface area contributed by atoms with Crippen molar-refractivity contribution in [1.29, 1.82) is 0 Å². The van der Waals surface area contributed by atoms with E-state index in [9.17, 15) is 9.59 Å². The van der Waals surface area contributed by atoms with Crippen molar-refractivity contribution in [3.63, 3.8) is 0 Å². The summed E-state index contributed by atoms with van der Waals surface area (Å²) in [4.78, 5) is 24.0. The standard InChI is InChI=1S/C20H24BrN3O2/c1-2-3-4-8-19(25)23-17-6-5-7-18(13-17)24-20(26)14-22-16-11-9-15(21)10-12-16/h5-7,9-13,22H,2-4,8,14H2,1H3,(H,23,25)(H,24,26). The van der Waals surface area contributed by atoms with Gasteiger partial charge in [-0.15, -0.1) is 0 Å². The molecule has 0 atom stereocenters. The average Bonchev–Trinajstić information content (AvgIpc) is 2.62. The highest BCUT2D eigenvalue weighted by atomic mass is 79.9. The fraction of sp³-hybridized carbons (Fsp3) is 0.300. The topological polar surface area (TPSA) is 70.2 Å². The van der Waals surface area contributed by atoms with E-state index in [4.69, 9.17) is 0 Å². The first-order valence-electron chi connectivity index (χ1n) is 8.76. The summed E-state index contributed by atoms with van der Waals surface area (Å²) in [5.74, 6) is -0.154. The van der Waals surface area contributed by atoms with Gasteiger partial charge in [-0.1, -0.05) is 41.8 Å². The van der Waals surface area contributed by atoms with Crippen LogP contribution in [0.1, 0.15) is 32.6 Å². The minimum Gasteiger partial charge on any atom is -0.376 e. The third-order valence-electron chi connectivity index (χ3n) is 3.73. The van der Waals surface area contributed by atoms with Gasteiger partial charge in [0.2, 0.25) is 11.8 Å². The maximum Gasteiger partial charge on any atom is 0.243 e. The van der Waals surface area contributed by atoms with Gasteiger partial charge in [-0.3, -0.25) is 9.59 Å². The lowest BCUT2D eigenvalue weighted by molar-refractivity contribution is -0.116. The molecule has 0 aromatic heterocycles. The minimum atomic E-state index is -0.153. The Morgan fingerprint density at radius 2 is 1.54 bits per heavy atom. The van der Waals surface area contributed by atoms with Crippen molar-refractivity contribution >= 4 is 44.8 Å². The Balaban J connectivity index is 1.82. The number of benzene rings is 2. The molecule has 0 bridgehead atoms. The van der Waals surface area contributed by atoms with E-state index in [2.05, 4.69) is 38.8 Å². The number of unbranched alkanes of at least 4 members (excludes halogenated alkanes) is 2. The van der Waals surface area contributed by atoms with Gasteiger partial charge in [0.25, 0.3) is 0 Å². The van der Waals surface area contributed by atoms with E-state index in [-0.39, 0.29) is 18.4 Å². The van der Waals surface area contributed by atoms with Crippen LogP contribution in [0.3, 0.4) is 0 Å². The Morgan fingerprint density at radius 1 is 0.885 bits per heavy atom. The molecule has 2 amide bonds. The predicted octanol–water partition coefficient (Wildman–Crippen LogP) is 5.02. The zero-order chi connectivity index (χ0) is 18.8. The van der Waals surface area contributed by atoms with Crippen LogP contribution in [0.25, 0.3) is 0 Å². The maximum atomic E-state index is 12.1. The molecule has 0 saturated carbocycles. The number of halogens is 1. The van der Waals surface area contributed by atoms with Gasteiger partial charge in [-0.25, -0.2) is 0 Å². The first-order chi connectivity index (χ1) is 12.6. The zero-order valence-corrected chi connectivity index (χ0v) is 16.4. The van der Waals surface area contributed by atoms with Crippen LogP contribution >= 0.6 is 15.9 Å². The lowest BCUT2D eigenvalue weighted by Gasteiger charge is -2.10. The molecule has 0 aliphatic carbocycles. The molecular formula is C20H24BrN3O2. The lowest BCUT2D eigenvalue weighted by atomic mass is 10.2. The molecule has 3 N–H and O–H groups in total. The van der Waals surface area contributed by atoms with Crippen molar-refractivity contribution in [3.8, 4) is 0 Å². The van der Waals surface area contributed by atoms with Crippen LogP contribution < -0.4 is 16.0 Å². The van der Waals surface area contributed by atoms with Crippen molar-refractivity contribution < 1.29 is 9.59 Å². The van der Waals surface area contributed by atoms with E-state index < -0.39 is 0 Å². The van der Waals surface area contributed by atoms with E-state index in [0.717, 1.165) is 29.4 Å². The lowest BCUT2D eigenvalue weighted by Crippen LogP contribution is -2.21. The highest BCUT2D eigenvalue weighted by Crippen LogP contribution is 2.16. The molecule has 0 heterocycles. The highest BCUT2D eigenvalue weighted by molar-refractivity contribution is 9.10. The van der Waals surface area contributed by atoms with Gasteiger partial charge in [0.1, 0.15) is 0 Å². The number of carbonyl (C=O) groups excluding carboxylic acids is 2. The van der Waals surface area contributed by atoms with Crippen LogP contribution in [0.5, 0.6) is 0 Å². The number of rotatable bonds is 9. The molecular weight excluding hydrogens is 394 g/mol. The molecule has 0 radical (unpaired) electrons. The van der Waals surface area contributed by atoms with Gasteiger partial charge in [0.05, 0.1) is 6.54 Å². The van der Waals surface area contributed by atoms with Crippen molar-refractivity contribution in [1.82, 2.24) is 0 Å². The van der Waals surface area contributed by atoms with Gasteiger partial charge in [0.15, 0.2) is 0 Å². The van der Waals surface area contributed by atoms with Crippen LogP contribution in [-0.2, 0) is 9.59 Å². The maximum absolute atomic E-state index is 12.1. The van der Waals surface area contributed by atoms with Gasteiger partial charge in [-0.2, -0.15) is 0 Å². The highest BCUT2D eigenvalue weighted by Gasteiger charge is 2.05. The Morgan fingerprint density at radius 3 is 2.19 bits per heavy atom. The predicted molar refractivity (Wildman–Crippen MR) is 110 cm³/mol. The molecule has 5 nitrogen and oxygen atoms in total. The van der Waals surface area contributed by atoms with Gasteiger partial charge in [-0.05, 0) is 48.9 Å². The summed E-state index contributed by atoms with van der Waals surface area (Å²) < 4.78 is 0.987. The molecule has 2 aromatic carbocycles. The summed E-state index contributed by atoms with van der Waals surface area (Å²) in [5, 5.41) is 8.76. The number of nitrogens with one attached hydrogen (secondary N) is 3. The van der Waals surface area contributed by atoms with E-state index in [0.29, 0.717) is 17.8 Å². The molecule has 0 aliphatic heterocycles. The number of hydrogen-bond acceptors (Lipinski definition) is 3. The number of anilines is 3. The summed E-state index contributed by atoms with van der Waals surface area (Å²) >= 11 is 3.37.